The lowest BCUT2D eigenvalue weighted by Gasteiger charge is -2.44. The number of piperazine rings is 1. The summed E-state index contributed by atoms with van der Waals surface area (Å²) in [6.07, 6.45) is -2.30. The highest BCUT2D eigenvalue weighted by Gasteiger charge is 2.49. The van der Waals surface area contributed by atoms with Crippen LogP contribution in [0.15, 0.2) is 11.0 Å². The molecule has 3 heterocycles. The summed E-state index contributed by atoms with van der Waals surface area (Å²) in [5.74, 6) is -0.367. The summed E-state index contributed by atoms with van der Waals surface area (Å²) in [7, 11) is -8.18. The second-order valence-corrected chi connectivity index (χ2v) is 17.3. The summed E-state index contributed by atoms with van der Waals surface area (Å²) in [5, 5.41) is 16.5. The fourth-order valence-electron chi connectivity index (χ4n) is 6.62. The van der Waals surface area contributed by atoms with E-state index in [2.05, 4.69) is 48.4 Å². The number of hydrogen-bond acceptors (Lipinski definition) is 17. The Morgan fingerprint density at radius 2 is 1.52 bits per heavy atom. The largest absolute Gasteiger partial charge is 0.470 e. The first-order chi connectivity index (χ1) is 28.8. The van der Waals surface area contributed by atoms with Gasteiger partial charge in [-0.2, -0.15) is 4.98 Å². The molecule has 5 atom stereocenters. The fourth-order valence-corrected chi connectivity index (χ4v) is 7.54. The fraction of sp³-hybridized carbons (Fsp3) is 0.829. The number of carbonyl (C=O) groups excluding carboxylic acids is 2. The number of nitrogen functional groups attached to an aromatic ring is 1. The molecule has 0 bridgehead atoms. The van der Waals surface area contributed by atoms with Crippen LogP contribution in [0.3, 0.4) is 0 Å². The van der Waals surface area contributed by atoms with Crippen LogP contribution < -0.4 is 22.1 Å². The maximum Gasteiger partial charge on any atom is 0.470 e. The molecule has 0 saturated carbocycles. The van der Waals surface area contributed by atoms with E-state index in [1.54, 1.807) is 0 Å². The number of aromatic nitrogens is 2. The standard InChI is InChI=1S/C35H65N7O17P2/c1-4-5-9-35(2,41-14-12-40(3)13-15-41)33(45)38-11-17-54-19-21-56-23-22-55-20-18-53-16-8-28(43)37-10-6-7-26-24-42(34(46)39-31(26)36)32-29(44)30(59-61(50,51)52)27(58-32)25-57-60(47,48)49/h24,27,29-30,32,44H,4-23,25H2,1-3H3,(H,37,43)(H,38,45)(H2,36,39,46)(H2,47,48,49)(H2,50,51,52)/t27-,29?,30?,32-,35+/m1/s1. The van der Waals surface area contributed by atoms with Crippen molar-refractivity contribution in [1.82, 2.24) is 30.0 Å². The van der Waals surface area contributed by atoms with Crippen LogP contribution in [-0.4, -0.2) is 185 Å². The first-order valence-corrected chi connectivity index (χ1v) is 23.4. The van der Waals surface area contributed by atoms with E-state index in [4.69, 9.17) is 39.2 Å². The molecular formula is C35H65N7O17P2. The summed E-state index contributed by atoms with van der Waals surface area (Å²) in [6.45, 7) is 10.2. The Hall–Kier alpha value is -2.48. The number of nitrogens with two attached hydrogens (primary N) is 1. The quantitative estimate of drug-likeness (QED) is 0.0321. The number of phosphoric ester groups is 2. The van der Waals surface area contributed by atoms with E-state index >= 15 is 0 Å². The third-order valence-corrected chi connectivity index (χ3v) is 11.1. The van der Waals surface area contributed by atoms with Crippen LogP contribution in [0.4, 0.5) is 5.82 Å². The lowest BCUT2D eigenvalue weighted by molar-refractivity contribution is -0.135. The van der Waals surface area contributed by atoms with Gasteiger partial charge in [0.2, 0.25) is 11.8 Å². The van der Waals surface area contributed by atoms with Crippen LogP contribution in [0, 0.1) is 0 Å². The van der Waals surface area contributed by atoms with Gasteiger partial charge in [-0.25, -0.2) is 13.9 Å². The van der Waals surface area contributed by atoms with Crippen LogP contribution in [0.1, 0.15) is 57.7 Å². The Labute approximate surface area is 355 Å². The van der Waals surface area contributed by atoms with Gasteiger partial charge in [0.15, 0.2) is 6.23 Å². The van der Waals surface area contributed by atoms with E-state index in [9.17, 15) is 38.4 Å². The van der Waals surface area contributed by atoms with Crippen molar-refractivity contribution in [3.05, 3.63) is 22.2 Å². The van der Waals surface area contributed by atoms with E-state index in [-0.39, 0.29) is 50.2 Å². The van der Waals surface area contributed by atoms with Crippen molar-refractivity contribution in [1.29, 1.82) is 0 Å². The van der Waals surface area contributed by atoms with Gasteiger partial charge in [-0.3, -0.25) is 28.1 Å². The van der Waals surface area contributed by atoms with Crippen LogP contribution in [0.25, 0.3) is 0 Å². The smallest absolute Gasteiger partial charge is 0.386 e. The number of anilines is 1. The van der Waals surface area contributed by atoms with Crippen molar-refractivity contribution in [3.8, 4) is 0 Å². The molecule has 26 heteroatoms. The molecule has 0 radical (unpaired) electrons. The Bertz CT molecular complexity index is 1640. The minimum absolute atomic E-state index is 0.0449. The Kier molecular flexibility index (Phi) is 22.8. The zero-order valence-corrected chi connectivity index (χ0v) is 36.9. The van der Waals surface area contributed by atoms with Gasteiger partial charge in [0, 0.05) is 57.4 Å². The molecule has 24 nitrogen and oxygen atoms in total. The van der Waals surface area contributed by atoms with E-state index in [1.165, 1.54) is 6.20 Å². The van der Waals surface area contributed by atoms with E-state index in [0.717, 1.165) is 50.0 Å². The number of nitrogens with zero attached hydrogens (tertiary/aromatic N) is 4. The van der Waals surface area contributed by atoms with Gasteiger partial charge in [-0.15, -0.1) is 0 Å². The number of aryl methyl sites for hydroxylation is 1. The minimum atomic E-state index is -5.24. The summed E-state index contributed by atoms with van der Waals surface area (Å²) in [5.41, 5.74) is 4.70. The Morgan fingerprint density at radius 1 is 0.918 bits per heavy atom. The predicted octanol–water partition coefficient (Wildman–Crippen LogP) is -1.51. The first kappa shape index (κ1) is 52.9. The molecule has 2 unspecified atom stereocenters. The van der Waals surface area contributed by atoms with Crippen molar-refractivity contribution in [2.75, 3.05) is 112 Å². The molecule has 2 saturated heterocycles. The number of aliphatic hydroxyl groups excluding tert-OH is 1. The van der Waals surface area contributed by atoms with Gasteiger partial charge >= 0.3 is 21.3 Å². The van der Waals surface area contributed by atoms with E-state index in [0.29, 0.717) is 58.2 Å². The van der Waals surface area contributed by atoms with Gasteiger partial charge in [0.25, 0.3) is 0 Å². The maximum atomic E-state index is 13.2. The molecule has 2 fully saturated rings. The molecular weight excluding hydrogens is 852 g/mol. The summed E-state index contributed by atoms with van der Waals surface area (Å²) < 4.78 is 60.0. The van der Waals surface area contributed by atoms with Crippen LogP contribution in [0.2, 0.25) is 0 Å². The van der Waals surface area contributed by atoms with Crippen molar-refractivity contribution >= 4 is 33.3 Å². The van der Waals surface area contributed by atoms with Crippen molar-refractivity contribution in [2.45, 2.75) is 82.5 Å². The third-order valence-electron chi connectivity index (χ3n) is 10.1. The zero-order valence-electron chi connectivity index (χ0n) is 35.1. The molecule has 9 N–H and O–H groups in total. The van der Waals surface area contributed by atoms with Gasteiger partial charge in [0.05, 0.1) is 65.0 Å². The first-order valence-electron chi connectivity index (χ1n) is 20.3. The van der Waals surface area contributed by atoms with E-state index < -0.39 is 58.0 Å². The highest BCUT2D eigenvalue weighted by molar-refractivity contribution is 7.46. The van der Waals surface area contributed by atoms with E-state index in [1.807, 2.05) is 6.92 Å². The molecule has 2 aliphatic heterocycles. The molecule has 352 valence electrons. The van der Waals surface area contributed by atoms with Crippen LogP contribution in [-0.2, 0) is 57.9 Å². The number of carbonyl (C=O) groups is 2. The normalized spacial score (nSPS) is 21.4. The molecule has 0 spiro atoms. The molecule has 2 amide bonds. The lowest BCUT2D eigenvalue weighted by atomic mass is 9.90. The average molecular weight is 918 g/mol. The van der Waals surface area contributed by atoms with Gasteiger partial charge in [-0.1, -0.05) is 19.8 Å². The number of nitrogens with one attached hydrogen (secondary N) is 2. The summed E-state index contributed by atoms with van der Waals surface area (Å²) in [6, 6.07) is 0. The predicted molar refractivity (Wildman–Crippen MR) is 217 cm³/mol. The summed E-state index contributed by atoms with van der Waals surface area (Å²) in [4.78, 5) is 83.0. The molecule has 3 rings (SSSR count). The Morgan fingerprint density at radius 3 is 2.11 bits per heavy atom. The maximum absolute atomic E-state index is 13.2. The number of phosphoric acid groups is 2. The second kappa shape index (κ2) is 26.3. The third kappa shape index (κ3) is 19.0. The molecule has 1 aromatic rings. The van der Waals surface area contributed by atoms with Crippen molar-refractivity contribution in [2.24, 2.45) is 0 Å². The highest BCUT2D eigenvalue weighted by Crippen LogP contribution is 2.45. The monoisotopic (exact) mass is 917 g/mol. The van der Waals surface area contributed by atoms with Gasteiger partial charge in [0.1, 0.15) is 24.1 Å². The van der Waals surface area contributed by atoms with Gasteiger partial charge < -0.3 is 69.6 Å². The number of rotatable bonds is 30. The number of ether oxygens (including phenoxy) is 5. The SMILES string of the molecule is CCCC[C@@](C)(C(=O)NCCOCCOCCOCCOCCC(=O)NCCCc1cn([C@@H]2O[C@H](COP(=O)(O)O)C(OP(=O)(O)O)C2O)c(=O)nc1N)N1CCN(C)CC1. The number of likely N-dealkylation sites (N-methyl/N-ethyl adjacent to an activating group) is 1. The second-order valence-electron chi connectivity index (χ2n) is 14.8. The van der Waals surface area contributed by atoms with Gasteiger partial charge in [-0.05, 0) is 33.2 Å². The minimum Gasteiger partial charge on any atom is -0.386 e. The average Bonchev–Trinajstić information content (AvgIpc) is 3.49. The molecule has 61 heavy (non-hydrogen) atoms. The molecule has 2 aliphatic rings. The lowest BCUT2D eigenvalue weighted by Crippen LogP contribution is -2.61. The summed E-state index contributed by atoms with van der Waals surface area (Å²) >= 11 is 0. The van der Waals surface area contributed by atoms with Crippen molar-refractivity contribution in [3.63, 3.8) is 0 Å². The number of amides is 2. The number of unbranched alkanes of at least 4 members (excludes halogenated alkanes) is 1. The van der Waals surface area contributed by atoms with Crippen molar-refractivity contribution < 1.29 is 76.1 Å². The Balaban J connectivity index is 1.22. The number of hydrogen-bond donors (Lipinski definition) is 8. The van der Waals surface area contributed by atoms with Crippen LogP contribution >= 0.6 is 15.6 Å². The zero-order chi connectivity index (χ0) is 45.1. The van der Waals surface area contributed by atoms with Crippen LogP contribution in [0.5, 0.6) is 0 Å². The number of aliphatic hydroxyl groups is 1. The molecule has 1 aromatic heterocycles. The molecule has 0 aliphatic carbocycles. The highest BCUT2D eigenvalue weighted by atomic mass is 31.2. The molecule has 0 aromatic carbocycles. The topological polar surface area (TPSA) is 325 Å².